The van der Waals surface area contributed by atoms with Crippen LogP contribution < -0.4 is 10.9 Å². The molecular weight excluding hydrogens is 390 g/mol. The molecule has 1 N–H and O–H groups in total. The van der Waals surface area contributed by atoms with Crippen LogP contribution in [0.3, 0.4) is 0 Å². The van der Waals surface area contributed by atoms with Crippen molar-refractivity contribution in [3.8, 4) is 17.3 Å². The van der Waals surface area contributed by atoms with E-state index < -0.39 is 0 Å². The average Bonchev–Trinajstić information content (AvgIpc) is 3.22. The van der Waals surface area contributed by atoms with Crippen LogP contribution >= 0.6 is 0 Å². The highest BCUT2D eigenvalue weighted by Gasteiger charge is 2.12. The lowest BCUT2D eigenvalue weighted by Crippen LogP contribution is -2.31. The van der Waals surface area contributed by atoms with Gasteiger partial charge in [-0.15, -0.1) is 0 Å². The monoisotopic (exact) mass is 411 g/mol. The molecule has 7 nitrogen and oxygen atoms in total. The van der Waals surface area contributed by atoms with Gasteiger partial charge in [-0.25, -0.2) is 4.52 Å². The topological polar surface area (TPSA) is 92.2 Å². The lowest BCUT2D eigenvalue weighted by atomic mass is 10.0. The molecule has 0 aliphatic carbocycles. The Kier molecular flexibility index (Phi) is 5.37. The van der Waals surface area contributed by atoms with Gasteiger partial charge in [-0.3, -0.25) is 9.59 Å². The molecule has 0 saturated carbocycles. The molecule has 0 saturated heterocycles. The highest BCUT2D eigenvalue weighted by molar-refractivity contribution is 5.94. The quantitative estimate of drug-likeness (QED) is 0.546. The van der Waals surface area contributed by atoms with E-state index in [0.29, 0.717) is 29.7 Å². The second-order valence-corrected chi connectivity index (χ2v) is 7.42. The number of fused-ring (bicyclic) bond motifs is 1. The van der Waals surface area contributed by atoms with Gasteiger partial charge in [0.15, 0.2) is 0 Å². The number of carbonyl (C=O) groups excluding carboxylic acids is 1. The Bertz CT molecular complexity index is 1370. The largest absolute Gasteiger partial charge is 0.350 e. The van der Waals surface area contributed by atoms with Crippen molar-refractivity contribution >= 4 is 11.4 Å². The van der Waals surface area contributed by atoms with Gasteiger partial charge in [-0.05, 0) is 55.8 Å². The summed E-state index contributed by atoms with van der Waals surface area (Å²) < 4.78 is 3.15. The third-order valence-corrected chi connectivity index (χ3v) is 5.19. The minimum Gasteiger partial charge on any atom is -0.350 e. The molecule has 1 amide bonds. The normalized spacial score (nSPS) is 10.7. The van der Waals surface area contributed by atoms with Crippen LogP contribution in [0.25, 0.3) is 16.8 Å². The number of benzene rings is 2. The number of aryl methyl sites for hydroxylation is 2. The standard InChI is InChI=1S/C24H21N5O2/c1-16-3-4-17(2)20(13-16)21-14-22-24(31)28(11-12-29(22)27-21)10-9-26-23(30)19-7-5-18(15-25)6-8-19/h3-8,11-14H,9-10H2,1-2H3,(H,26,30). The van der Waals surface area contributed by atoms with Crippen molar-refractivity contribution in [3.63, 3.8) is 0 Å². The number of amides is 1. The second kappa shape index (κ2) is 8.28. The van der Waals surface area contributed by atoms with Gasteiger partial charge < -0.3 is 9.88 Å². The number of rotatable bonds is 5. The number of carbonyl (C=O) groups is 1. The Morgan fingerprint density at radius 1 is 1.10 bits per heavy atom. The Morgan fingerprint density at radius 3 is 2.61 bits per heavy atom. The lowest BCUT2D eigenvalue weighted by Gasteiger charge is -2.08. The van der Waals surface area contributed by atoms with E-state index in [1.54, 1.807) is 51.8 Å². The van der Waals surface area contributed by atoms with Crippen LogP contribution in [0.5, 0.6) is 0 Å². The maximum Gasteiger partial charge on any atom is 0.276 e. The van der Waals surface area contributed by atoms with Crippen molar-refractivity contribution in [1.82, 2.24) is 19.5 Å². The molecule has 154 valence electrons. The van der Waals surface area contributed by atoms with Crippen LogP contribution in [-0.4, -0.2) is 26.6 Å². The fraction of sp³-hybridized carbons (Fsp3) is 0.167. The molecule has 2 aromatic heterocycles. The summed E-state index contributed by atoms with van der Waals surface area (Å²) in [6, 6.07) is 16.4. The lowest BCUT2D eigenvalue weighted by molar-refractivity contribution is 0.0952. The summed E-state index contributed by atoms with van der Waals surface area (Å²) in [6.45, 7) is 4.68. The summed E-state index contributed by atoms with van der Waals surface area (Å²) in [5, 5.41) is 16.2. The number of nitrogens with one attached hydrogen (secondary N) is 1. The Labute approximate surface area is 179 Å². The first kappa shape index (κ1) is 20.1. The first-order valence-corrected chi connectivity index (χ1v) is 9.91. The molecule has 4 aromatic rings. The molecular formula is C24H21N5O2. The molecule has 0 aliphatic heterocycles. The number of nitriles is 1. The predicted octanol–water partition coefficient (Wildman–Crippen LogP) is 3.08. The third-order valence-electron chi connectivity index (χ3n) is 5.19. The molecule has 0 atom stereocenters. The van der Waals surface area contributed by atoms with Gasteiger partial charge in [-0.2, -0.15) is 10.4 Å². The van der Waals surface area contributed by atoms with Crippen molar-refractivity contribution in [3.05, 3.63) is 93.5 Å². The summed E-state index contributed by atoms with van der Waals surface area (Å²) >= 11 is 0. The van der Waals surface area contributed by atoms with Gasteiger partial charge in [-0.1, -0.05) is 17.7 Å². The minimum atomic E-state index is -0.250. The molecule has 31 heavy (non-hydrogen) atoms. The van der Waals surface area contributed by atoms with Gasteiger partial charge in [0.1, 0.15) is 5.52 Å². The van der Waals surface area contributed by atoms with Gasteiger partial charge in [0.05, 0.1) is 17.3 Å². The summed E-state index contributed by atoms with van der Waals surface area (Å²) in [6.07, 6.45) is 3.41. The fourth-order valence-corrected chi connectivity index (χ4v) is 3.43. The Hall–Kier alpha value is -4.18. The maximum absolute atomic E-state index is 12.9. The smallest absolute Gasteiger partial charge is 0.276 e. The average molecular weight is 411 g/mol. The number of nitrogens with zero attached hydrogens (tertiary/aromatic N) is 4. The molecule has 0 spiro atoms. The molecule has 0 bridgehead atoms. The minimum absolute atomic E-state index is 0.167. The highest BCUT2D eigenvalue weighted by Crippen LogP contribution is 2.23. The van der Waals surface area contributed by atoms with Crippen LogP contribution in [0.2, 0.25) is 0 Å². The summed E-state index contributed by atoms with van der Waals surface area (Å²) in [7, 11) is 0. The Balaban J connectivity index is 1.50. The van der Waals surface area contributed by atoms with E-state index in [1.807, 2.05) is 32.0 Å². The van der Waals surface area contributed by atoms with E-state index in [2.05, 4.69) is 16.5 Å². The van der Waals surface area contributed by atoms with Crippen LogP contribution in [0, 0.1) is 25.2 Å². The fourth-order valence-electron chi connectivity index (χ4n) is 3.43. The third kappa shape index (κ3) is 4.09. The second-order valence-electron chi connectivity index (χ2n) is 7.42. The van der Waals surface area contributed by atoms with Crippen LogP contribution in [0.1, 0.15) is 27.0 Å². The molecule has 0 unspecified atom stereocenters. The molecule has 0 fully saturated rings. The van der Waals surface area contributed by atoms with Gasteiger partial charge in [0.2, 0.25) is 0 Å². The highest BCUT2D eigenvalue weighted by atomic mass is 16.1. The number of aromatic nitrogens is 3. The maximum atomic E-state index is 12.9. The van der Waals surface area contributed by atoms with Crippen molar-refractivity contribution in [2.45, 2.75) is 20.4 Å². The van der Waals surface area contributed by atoms with Gasteiger partial charge in [0, 0.05) is 36.6 Å². The first-order chi connectivity index (χ1) is 15.0. The van der Waals surface area contributed by atoms with Gasteiger partial charge in [0.25, 0.3) is 11.5 Å². The zero-order valence-electron chi connectivity index (χ0n) is 17.3. The van der Waals surface area contributed by atoms with Crippen molar-refractivity contribution in [2.75, 3.05) is 6.54 Å². The van der Waals surface area contributed by atoms with E-state index in [1.165, 1.54) is 0 Å². The molecule has 4 rings (SSSR count). The van der Waals surface area contributed by atoms with E-state index in [-0.39, 0.29) is 11.5 Å². The van der Waals surface area contributed by atoms with E-state index in [4.69, 9.17) is 5.26 Å². The van der Waals surface area contributed by atoms with E-state index >= 15 is 0 Å². The zero-order valence-corrected chi connectivity index (χ0v) is 17.3. The molecule has 0 aliphatic rings. The van der Waals surface area contributed by atoms with Gasteiger partial charge >= 0.3 is 0 Å². The molecule has 7 heteroatoms. The van der Waals surface area contributed by atoms with Crippen LogP contribution in [-0.2, 0) is 6.54 Å². The SMILES string of the molecule is Cc1ccc(C)c(-c2cc3c(=O)n(CCNC(=O)c4ccc(C#N)cc4)ccn3n2)c1. The zero-order chi connectivity index (χ0) is 22.0. The molecule has 2 aromatic carbocycles. The predicted molar refractivity (Wildman–Crippen MR) is 118 cm³/mol. The summed E-state index contributed by atoms with van der Waals surface area (Å²) in [4.78, 5) is 25.2. The van der Waals surface area contributed by atoms with Crippen LogP contribution in [0.15, 0.2) is 65.7 Å². The summed E-state index contributed by atoms with van der Waals surface area (Å²) in [5.74, 6) is -0.250. The molecule has 0 radical (unpaired) electrons. The van der Waals surface area contributed by atoms with E-state index in [9.17, 15) is 9.59 Å². The van der Waals surface area contributed by atoms with Crippen molar-refractivity contribution in [2.24, 2.45) is 0 Å². The van der Waals surface area contributed by atoms with Crippen LogP contribution in [0.4, 0.5) is 0 Å². The van der Waals surface area contributed by atoms with E-state index in [0.717, 1.165) is 22.4 Å². The summed E-state index contributed by atoms with van der Waals surface area (Å²) in [5.41, 5.74) is 5.27. The molecule has 2 heterocycles. The van der Waals surface area contributed by atoms with Crippen molar-refractivity contribution < 1.29 is 4.79 Å². The van der Waals surface area contributed by atoms with Crippen molar-refractivity contribution in [1.29, 1.82) is 5.26 Å². The number of hydrogen-bond acceptors (Lipinski definition) is 4. The Morgan fingerprint density at radius 2 is 1.87 bits per heavy atom. The number of hydrogen-bond donors (Lipinski definition) is 1. The first-order valence-electron chi connectivity index (χ1n) is 9.91.